The predicted molar refractivity (Wildman–Crippen MR) is 134 cm³/mol. The zero-order chi connectivity index (χ0) is 23.0. The topological polar surface area (TPSA) is 45.6 Å². The molecule has 0 unspecified atom stereocenters. The van der Waals surface area contributed by atoms with Gasteiger partial charge in [0.1, 0.15) is 5.75 Å². The van der Waals surface area contributed by atoms with Crippen molar-refractivity contribution in [3.05, 3.63) is 36.0 Å². The number of aryl methyl sites for hydroxylation is 1. The Hall–Kier alpha value is -1.65. The van der Waals surface area contributed by atoms with Crippen LogP contribution in [0, 0.1) is 11.8 Å². The first-order chi connectivity index (χ1) is 15.4. The minimum absolute atomic E-state index is 0.348. The van der Waals surface area contributed by atoms with Crippen LogP contribution in [0.1, 0.15) is 77.7 Å². The van der Waals surface area contributed by atoms with Crippen LogP contribution in [0.3, 0.4) is 0 Å². The molecule has 32 heavy (non-hydrogen) atoms. The highest BCUT2D eigenvalue weighted by Crippen LogP contribution is 2.36. The highest BCUT2D eigenvalue weighted by molar-refractivity contribution is 5.83. The molecule has 2 atom stereocenters. The molecule has 1 saturated heterocycles. The Morgan fingerprint density at radius 1 is 1.12 bits per heavy atom. The van der Waals surface area contributed by atoms with Gasteiger partial charge in [0.2, 0.25) is 0 Å². The first kappa shape index (κ1) is 25.0. The van der Waals surface area contributed by atoms with Crippen LogP contribution >= 0.6 is 0 Å². The molecule has 4 heteroatoms. The fourth-order valence-electron chi connectivity index (χ4n) is 5.44. The monoisotopic (exact) mass is 440 g/mol. The number of piperidine rings is 1. The van der Waals surface area contributed by atoms with Crippen molar-refractivity contribution in [1.29, 1.82) is 0 Å². The summed E-state index contributed by atoms with van der Waals surface area (Å²) in [5.41, 5.74) is 1.76. The fourth-order valence-corrected chi connectivity index (χ4v) is 5.44. The Labute approximate surface area is 195 Å². The van der Waals surface area contributed by atoms with Crippen LogP contribution in [0.4, 0.5) is 0 Å². The fraction of sp³-hybridized carbons (Fsp3) is 0.679. The van der Waals surface area contributed by atoms with E-state index in [9.17, 15) is 5.11 Å². The third-order valence-corrected chi connectivity index (χ3v) is 7.39. The van der Waals surface area contributed by atoms with Crippen LogP contribution in [0.25, 0.3) is 10.9 Å². The van der Waals surface area contributed by atoms with Gasteiger partial charge in [-0.1, -0.05) is 32.6 Å². The van der Waals surface area contributed by atoms with E-state index in [4.69, 9.17) is 4.74 Å². The first-order valence-electron chi connectivity index (χ1n) is 12.8. The number of methoxy groups -OCH3 is 1. The molecular weight excluding hydrogens is 396 g/mol. The molecule has 1 aromatic carbocycles. The van der Waals surface area contributed by atoms with Gasteiger partial charge in [0.25, 0.3) is 0 Å². The summed E-state index contributed by atoms with van der Waals surface area (Å²) in [6.07, 6.45) is 13.1. The van der Waals surface area contributed by atoms with Gasteiger partial charge in [-0.25, -0.2) is 0 Å². The smallest absolute Gasteiger partial charge is 0.119 e. The lowest BCUT2D eigenvalue weighted by molar-refractivity contribution is -0.0502. The minimum atomic E-state index is -0.623. The molecule has 2 aromatic rings. The summed E-state index contributed by atoms with van der Waals surface area (Å²) in [4.78, 5) is 7.12. The van der Waals surface area contributed by atoms with E-state index in [1.54, 1.807) is 7.11 Å². The SMILES string of the molecule is CCCCCCCN1CC[C@@H](CCCc2ccnc3ccc(OC)cc23)[C@@H](C(C)(C)O)C1. The average molecular weight is 441 g/mol. The number of benzene rings is 1. The van der Waals surface area contributed by atoms with Crippen molar-refractivity contribution in [2.45, 2.75) is 84.2 Å². The maximum Gasteiger partial charge on any atom is 0.119 e. The first-order valence-corrected chi connectivity index (χ1v) is 12.8. The Morgan fingerprint density at radius 2 is 1.94 bits per heavy atom. The Balaban J connectivity index is 1.55. The summed E-state index contributed by atoms with van der Waals surface area (Å²) in [6, 6.07) is 8.28. The number of nitrogens with zero attached hydrogens (tertiary/aromatic N) is 2. The number of pyridine rings is 1. The van der Waals surface area contributed by atoms with Gasteiger partial charge in [-0.3, -0.25) is 4.98 Å². The summed E-state index contributed by atoms with van der Waals surface area (Å²) in [6.45, 7) is 9.70. The molecule has 0 amide bonds. The van der Waals surface area contributed by atoms with Crippen molar-refractivity contribution in [1.82, 2.24) is 9.88 Å². The van der Waals surface area contributed by atoms with Crippen molar-refractivity contribution in [3.8, 4) is 5.75 Å². The number of hydrogen-bond donors (Lipinski definition) is 1. The van der Waals surface area contributed by atoms with Crippen molar-refractivity contribution in [2.24, 2.45) is 11.8 Å². The lowest BCUT2D eigenvalue weighted by atomic mass is 9.73. The number of fused-ring (bicyclic) bond motifs is 1. The Kier molecular flexibility index (Phi) is 9.36. The van der Waals surface area contributed by atoms with Gasteiger partial charge in [-0.2, -0.15) is 0 Å². The quantitative estimate of drug-likeness (QED) is 0.397. The van der Waals surface area contributed by atoms with E-state index >= 15 is 0 Å². The van der Waals surface area contributed by atoms with E-state index in [0.29, 0.717) is 11.8 Å². The number of aromatic nitrogens is 1. The predicted octanol–water partition coefficient (Wildman–Crippen LogP) is 6.25. The molecule has 1 N–H and O–H groups in total. The molecule has 178 valence electrons. The van der Waals surface area contributed by atoms with E-state index in [0.717, 1.165) is 30.7 Å². The number of hydrogen-bond acceptors (Lipinski definition) is 4. The molecule has 0 radical (unpaired) electrons. The molecule has 0 bridgehead atoms. The van der Waals surface area contributed by atoms with Gasteiger partial charge < -0.3 is 14.7 Å². The van der Waals surface area contributed by atoms with Crippen molar-refractivity contribution in [2.75, 3.05) is 26.7 Å². The lowest BCUT2D eigenvalue weighted by Gasteiger charge is -2.44. The molecule has 1 aliphatic rings. The van der Waals surface area contributed by atoms with E-state index in [2.05, 4.69) is 28.9 Å². The summed E-state index contributed by atoms with van der Waals surface area (Å²) < 4.78 is 5.43. The third kappa shape index (κ3) is 6.92. The minimum Gasteiger partial charge on any atom is -0.497 e. The normalized spacial score (nSPS) is 20.0. The van der Waals surface area contributed by atoms with E-state index < -0.39 is 5.60 Å². The highest BCUT2D eigenvalue weighted by Gasteiger charge is 2.37. The maximum atomic E-state index is 10.9. The Morgan fingerprint density at radius 3 is 2.69 bits per heavy atom. The second kappa shape index (κ2) is 12.0. The van der Waals surface area contributed by atoms with E-state index in [-0.39, 0.29) is 0 Å². The second-order valence-electron chi connectivity index (χ2n) is 10.3. The van der Waals surface area contributed by atoms with Crippen LogP contribution in [0.5, 0.6) is 5.75 Å². The second-order valence-corrected chi connectivity index (χ2v) is 10.3. The van der Waals surface area contributed by atoms with Crippen LogP contribution in [-0.2, 0) is 6.42 Å². The number of rotatable bonds is 12. The molecule has 1 aromatic heterocycles. The van der Waals surface area contributed by atoms with Crippen molar-refractivity contribution in [3.63, 3.8) is 0 Å². The molecule has 0 aliphatic carbocycles. The lowest BCUT2D eigenvalue weighted by Crippen LogP contribution is -2.49. The maximum absolute atomic E-state index is 10.9. The van der Waals surface area contributed by atoms with Gasteiger partial charge >= 0.3 is 0 Å². The van der Waals surface area contributed by atoms with Crippen molar-refractivity contribution >= 4 is 10.9 Å². The van der Waals surface area contributed by atoms with Crippen molar-refractivity contribution < 1.29 is 9.84 Å². The summed E-state index contributed by atoms with van der Waals surface area (Å²) in [5, 5.41) is 12.1. The molecule has 4 nitrogen and oxygen atoms in total. The number of aliphatic hydroxyl groups is 1. The van der Waals surface area contributed by atoms with Gasteiger partial charge in [-0.05, 0) is 94.8 Å². The van der Waals surface area contributed by atoms with Gasteiger partial charge in [0.15, 0.2) is 0 Å². The zero-order valence-electron chi connectivity index (χ0n) is 20.8. The summed E-state index contributed by atoms with van der Waals surface area (Å²) >= 11 is 0. The molecular formula is C28H44N2O2. The zero-order valence-corrected chi connectivity index (χ0v) is 20.8. The third-order valence-electron chi connectivity index (χ3n) is 7.39. The largest absolute Gasteiger partial charge is 0.497 e. The highest BCUT2D eigenvalue weighted by atomic mass is 16.5. The van der Waals surface area contributed by atoms with Gasteiger partial charge in [-0.15, -0.1) is 0 Å². The van der Waals surface area contributed by atoms with Crippen LogP contribution in [0.15, 0.2) is 30.5 Å². The average Bonchev–Trinajstić information content (AvgIpc) is 2.78. The molecule has 1 aliphatic heterocycles. The van der Waals surface area contributed by atoms with Gasteiger partial charge in [0, 0.05) is 24.0 Å². The summed E-state index contributed by atoms with van der Waals surface area (Å²) in [5.74, 6) is 1.83. The molecule has 2 heterocycles. The number of likely N-dealkylation sites (tertiary alicyclic amines) is 1. The standard InChI is InChI=1S/C28H44N2O2/c1-5-6-7-8-9-18-30-19-16-23(26(21-30)28(2,3)31)12-10-11-22-15-17-29-27-14-13-24(32-4)20-25(22)27/h13-15,17,20,23,26,31H,5-12,16,18-19,21H2,1-4H3/t23-,26+/m1/s1. The summed E-state index contributed by atoms with van der Waals surface area (Å²) in [7, 11) is 1.71. The molecule has 1 fully saturated rings. The molecule has 0 saturated carbocycles. The van der Waals surface area contributed by atoms with Crippen LogP contribution < -0.4 is 4.74 Å². The van der Waals surface area contributed by atoms with Gasteiger partial charge in [0.05, 0.1) is 18.2 Å². The van der Waals surface area contributed by atoms with Crippen LogP contribution in [-0.4, -0.2) is 47.3 Å². The number of unbranched alkanes of at least 4 members (excludes halogenated alkanes) is 4. The Bertz CT molecular complexity index is 830. The molecule has 0 spiro atoms. The molecule has 3 rings (SSSR count). The van der Waals surface area contributed by atoms with E-state index in [1.807, 2.05) is 32.2 Å². The van der Waals surface area contributed by atoms with Crippen LogP contribution in [0.2, 0.25) is 0 Å². The number of ether oxygens (including phenoxy) is 1. The van der Waals surface area contributed by atoms with E-state index in [1.165, 1.54) is 69.0 Å².